The number of thioether (sulfide) groups is 1. The lowest BCUT2D eigenvalue weighted by Crippen LogP contribution is -2.19. The van der Waals surface area contributed by atoms with Gasteiger partial charge in [-0.05, 0) is 69.1 Å². The Labute approximate surface area is 225 Å². The first-order valence-corrected chi connectivity index (χ1v) is 14.2. The van der Waals surface area contributed by atoms with Gasteiger partial charge in [0.2, 0.25) is 5.95 Å². The Morgan fingerprint density at radius 1 is 1.30 bits per heavy atom. The Kier molecular flexibility index (Phi) is 8.34. The summed E-state index contributed by atoms with van der Waals surface area (Å²) in [5, 5.41) is 11.7. The highest BCUT2D eigenvalue weighted by atomic mass is 32.2. The van der Waals surface area contributed by atoms with Gasteiger partial charge in [0.1, 0.15) is 11.6 Å². The summed E-state index contributed by atoms with van der Waals surface area (Å²) in [6, 6.07) is 5.30. The molecule has 2 N–H and O–H groups in total. The van der Waals surface area contributed by atoms with Gasteiger partial charge in [0, 0.05) is 35.0 Å². The van der Waals surface area contributed by atoms with E-state index in [2.05, 4.69) is 38.6 Å². The third-order valence-electron chi connectivity index (χ3n) is 6.48. The van der Waals surface area contributed by atoms with Crippen molar-refractivity contribution < 1.29 is 4.39 Å². The molecule has 196 valence electrons. The Hall–Kier alpha value is -2.77. The summed E-state index contributed by atoms with van der Waals surface area (Å²) in [4.78, 5) is 17.4. The molecule has 1 aliphatic rings. The van der Waals surface area contributed by atoms with Gasteiger partial charge in [0.15, 0.2) is 5.82 Å². The van der Waals surface area contributed by atoms with Crippen LogP contribution in [0.2, 0.25) is 0 Å². The van der Waals surface area contributed by atoms with Crippen LogP contribution in [0.4, 0.5) is 27.7 Å². The Morgan fingerprint density at radius 2 is 2.03 bits per heavy atom. The molecule has 1 aromatic carbocycles. The second kappa shape index (κ2) is 11.3. The summed E-state index contributed by atoms with van der Waals surface area (Å²) in [5.41, 5.74) is 4.94. The van der Waals surface area contributed by atoms with Crippen molar-refractivity contribution >= 4 is 61.0 Å². The highest BCUT2D eigenvalue weighted by Gasteiger charge is 2.33. The summed E-state index contributed by atoms with van der Waals surface area (Å²) in [6.07, 6.45) is 6.04. The molecule has 1 fully saturated rings. The minimum Gasteiger partial charge on any atom is -0.323 e. The number of benzene rings is 1. The van der Waals surface area contributed by atoms with Crippen molar-refractivity contribution in [1.29, 1.82) is 0 Å². The number of aromatic amines is 1. The van der Waals surface area contributed by atoms with Crippen LogP contribution in [-0.4, -0.2) is 39.2 Å². The molecule has 1 atom stereocenters. The first-order valence-electron chi connectivity index (χ1n) is 12.4. The fraction of sp³-hybridized carbons (Fsp3) is 0.407. The average molecular weight is 540 g/mol. The van der Waals surface area contributed by atoms with Gasteiger partial charge in [0.25, 0.3) is 0 Å². The molecule has 2 aromatic heterocycles. The van der Waals surface area contributed by atoms with Gasteiger partial charge in [0.05, 0.1) is 17.1 Å². The Balaban J connectivity index is 1.91. The molecule has 7 nitrogen and oxygen atoms in total. The van der Waals surface area contributed by atoms with E-state index < -0.39 is 0 Å². The van der Waals surface area contributed by atoms with Crippen molar-refractivity contribution in [2.75, 3.05) is 23.5 Å². The fourth-order valence-corrected chi connectivity index (χ4v) is 5.05. The summed E-state index contributed by atoms with van der Waals surface area (Å²) in [7, 11) is 4.48. The molecule has 1 aliphatic carbocycles. The molecule has 0 bridgehead atoms. The van der Waals surface area contributed by atoms with Gasteiger partial charge in [-0.15, -0.1) is 21.0 Å². The molecule has 10 heteroatoms. The van der Waals surface area contributed by atoms with Crippen LogP contribution in [0.1, 0.15) is 63.4 Å². The van der Waals surface area contributed by atoms with Crippen molar-refractivity contribution in [3.05, 3.63) is 47.0 Å². The molecule has 1 saturated carbocycles. The number of allylic oxidation sites excluding steroid dienone is 1. The maximum Gasteiger partial charge on any atom is 0.232 e. The fourth-order valence-electron chi connectivity index (χ4n) is 3.93. The molecule has 0 amide bonds. The topological polar surface area (TPSA) is 82.1 Å². The number of halogens is 1. The van der Waals surface area contributed by atoms with Gasteiger partial charge in [-0.1, -0.05) is 19.9 Å². The lowest BCUT2D eigenvalue weighted by Gasteiger charge is -2.23. The number of H-pyrrole nitrogens is 1. The predicted octanol–water partition coefficient (Wildman–Crippen LogP) is 6.74. The van der Waals surface area contributed by atoms with Crippen LogP contribution in [-0.2, 0) is 0 Å². The van der Waals surface area contributed by atoms with E-state index in [9.17, 15) is 0 Å². The SMILES string of the molecule is C/C=C(\N=C(C)C(C)C)c1nc(N(C)c2cc(P)c(SC)cc2F)nc(Nc2cc(C)[nH]n2)c1C1CC1. The van der Waals surface area contributed by atoms with Crippen LogP contribution < -0.4 is 15.5 Å². The van der Waals surface area contributed by atoms with Gasteiger partial charge >= 0.3 is 0 Å². The molecule has 2 heterocycles. The maximum absolute atomic E-state index is 15.2. The zero-order valence-electron chi connectivity index (χ0n) is 22.5. The zero-order valence-corrected chi connectivity index (χ0v) is 24.4. The van der Waals surface area contributed by atoms with Gasteiger partial charge in [-0.25, -0.2) is 9.37 Å². The molecule has 0 radical (unpaired) electrons. The summed E-state index contributed by atoms with van der Waals surface area (Å²) in [5.74, 6) is 2.03. The van der Waals surface area contributed by atoms with E-state index in [1.807, 2.05) is 45.2 Å². The lowest BCUT2D eigenvalue weighted by molar-refractivity contribution is 0.624. The molecule has 37 heavy (non-hydrogen) atoms. The van der Waals surface area contributed by atoms with Gasteiger partial charge < -0.3 is 10.2 Å². The maximum atomic E-state index is 15.2. The number of nitrogens with zero attached hydrogens (tertiary/aromatic N) is 5. The van der Waals surface area contributed by atoms with E-state index in [4.69, 9.17) is 15.0 Å². The Bertz CT molecular complexity index is 1360. The van der Waals surface area contributed by atoms with Crippen LogP contribution in [0, 0.1) is 18.7 Å². The van der Waals surface area contributed by atoms with Crippen LogP contribution in [0.3, 0.4) is 0 Å². The minimum absolute atomic E-state index is 0.303. The highest BCUT2D eigenvalue weighted by Crippen LogP contribution is 2.47. The number of anilines is 4. The number of aromatic nitrogens is 4. The molecular formula is C27H35FN7PS. The van der Waals surface area contributed by atoms with E-state index >= 15 is 4.39 Å². The highest BCUT2D eigenvalue weighted by molar-refractivity contribution is 7.99. The summed E-state index contributed by atoms with van der Waals surface area (Å²) in [6.45, 7) is 10.2. The van der Waals surface area contributed by atoms with E-state index in [1.54, 1.807) is 18.0 Å². The van der Waals surface area contributed by atoms with Gasteiger partial charge in [-0.2, -0.15) is 10.1 Å². The van der Waals surface area contributed by atoms with Crippen LogP contribution in [0.25, 0.3) is 5.70 Å². The third kappa shape index (κ3) is 6.04. The smallest absolute Gasteiger partial charge is 0.232 e. The molecule has 0 spiro atoms. The molecule has 0 aliphatic heterocycles. The Morgan fingerprint density at radius 3 is 2.59 bits per heavy atom. The zero-order chi connectivity index (χ0) is 26.9. The second-order valence-corrected chi connectivity index (χ2v) is 11.1. The van der Waals surface area contributed by atoms with E-state index in [1.165, 1.54) is 11.8 Å². The third-order valence-corrected chi connectivity index (χ3v) is 7.96. The number of hydrogen-bond acceptors (Lipinski definition) is 7. The monoisotopic (exact) mass is 539 g/mol. The predicted molar refractivity (Wildman–Crippen MR) is 158 cm³/mol. The summed E-state index contributed by atoms with van der Waals surface area (Å²) < 4.78 is 15.2. The van der Waals surface area contributed by atoms with Crippen molar-refractivity contribution in [3.63, 3.8) is 0 Å². The van der Waals surface area contributed by atoms with Crippen LogP contribution in [0.5, 0.6) is 0 Å². The van der Waals surface area contributed by atoms with Crippen LogP contribution >= 0.6 is 21.0 Å². The standard InChI is InChI=1S/C27H35FN7PS/c1-8-19(29-16(5)14(2)3)25-24(17-9-10-17)26(30-23-11-15(4)33-34-23)32-27(31-25)35(6)20-13-21(36)22(37-7)12-18(20)28/h8,11-14,17H,9-10,36H2,1-7H3,(H2,30,31,32,33,34)/b19-8-,29-16?. The first kappa shape index (κ1) is 27.3. The molecule has 3 aromatic rings. The van der Waals surface area contributed by atoms with E-state index in [0.717, 1.165) is 51.4 Å². The first-order chi connectivity index (χ1) is 17.6. The number of nitrogens with one attached hydrogen (secondary N) is 2. The second-order valence-electron chi connectivity index (χ2n) is 9.66. The quantitative estimate of drug-likeness (QED) is 0.178. The van der Waals surface area contributed by atoms with Crippen molar-refractivity contribution in [2.45, 2.75) is 58.3 Å². The van der Waals surface area contributed by atoms with Crippen molar-refractivity contribution in [2.24, 2.45) is 10.9 Å². The number of aliphatic imine (C=N–C) groups is 1. The van der Waals surface area contributed by atoms with Crippen LogP contribution in [0.15, 0.2) is 34.2 Å². The van der Waals surface area contributed by atoms with Gasteiger partial charge in [-0.3, -0.25) is 10.1 Å². The number of hydrogen-bond donors (Lipinski definition) is 2. The lowest BCUT2D eigenvalue weighted by atomic mass is 10.1. The molecule has 4 rings (SSSR count). The van der Waals surface area contributed by atoms with Crippen molar-refractivity contribution in [1.82, 2.24) is 20.2 Å². The number of rotatable bonds is 9. The largest absolute Gasteiger partial charge is 0.323 e. The van der Waals surface area contributed by atoms with Crippen molar-refractivity contribution in [3.8, 4) is 0 Å². The average Bonchev–Trinajstić information content (AvgIpc) is 3.63. The van der Waals surface area contributed by atoms with E-state index in [-0.39, 0.29) is 5.82 Å². The minimum atomic E-state index is -0.327. The molecule has 0 saturated heterocycles. The normalized spacial score (nSPS) is 14.4. The molecular weight excluding hydrogens is 504 g/mol. The van der Waals surface area contributed by atoms with E-state index in [0.29, 0.717) is 35.1 Å². The number of aryl methyl sites for hydroxylation is 1. The summed E-state index contributed by atoms with van der Waals surface area (Å²) >= 11 is 1.51. The molecule has 1 unspecified atom stereocenters.